The molecule has 1 amide bonds. The maximum absolute atomic E-state index is 13.6. The topological polar surface area (TPSA) is 110 Å². The minimum absolute atomic E-state index is 0.00372. The summed E-state index contributed by atoms with van der Waals surface area (Å²) < 4.78 is 58.8. The predicted molar refractivity (Wildman–Crippen MR) is 134 cm³/mol. The lowest BCUT2D eigenvalue weighted by atomic mass is 10.1. The lowest BCUT2D eigenvalue weighted by Gasteiger charge is -2.34. The van der Waals surface area contributed by atoms with Crippen molar-refractivity contribution in [1.29, 1.82) is 0 Å². The van der Waals surface area contributed by atoms with Crippen LogP contribution in [0, 0.1) is 5.92 Å². The Labute approximate surface area is 213 Å². The van der Waals surface area contributed by atoms with E-state index in [9.17, 15) is 22.0 Å². The van der Waals surface area contributed by atoms with Gasteiger partial charge in [0, 0.05) is 50.4 Å². The zero-order chi connectivity index (χ0) is 26.2. The Morgan fingerprint density at radius 2 is 1.89 bits per heavy atom. The number of carbonyl (C=O) groups excluding carboxylic acids is 1. The van der Waals surface area contributed by atoms with Gasteiger partial charge in [0.25, 0.3) is 0 Å². The van der Waals surface area contributed by atoms with Crippen molar-refractivity contribution in [2.24, 2.45) is 5.92 Å². The normalized spacial score (nSPS) is 19.1. The number of imidazole rings is 1. The minimum Gasteiger partial charge on any atom is -0.476 e. The van der Waals surface area contributed by atoms with Crippen molar-refractivity contribution in [3.63, 3.8) is 0 Å². The lowest BCUT2D eigenvalue weighted by Crippen LogP contribution is -2.48. The van der Waals surface area contributed by atoms with Crippen LogP contribution in [0.3, 0.4) is 0 Å². The molecule has 37 heavy (non-hydrogen) atoms. The number of ether oxygens (including phenoxy) is 1. The molecule has 1 atom stereocenters. The zero-order valence-corrected chi connectivity index (χ0v) is 21.1. The average molecular weight is 535 g/mol. The molecule has 2 aliphatic heterocycles. The van der Waals surface area contributed by atoms with E-state index in [1.807, 2.05) is 24.3 Å². The van der Waals surface area contributed by atoms with Gasteiger partial charge in [0.2, 0.25) is 21.8 Å². The molecule has 3 aromatic rings. The van der Waals surface area contributed by atoms with Gasteiger partial charge >= 0.3 is 6.55 Å². The number of aromatic nitrogens is 3. The largest absolute Gasteiger partial charge is 0.476 e. The third-order valence-electron chi connectivity index (χ3n) is 6.79. The monoisotopic (exact) mass is 534 g/mol. The summed E-state index contributed by atoms with van der Waals surface area (Å²) in [6.45, 7) is 0.0468. The third kappa shape index (κ3) is 5.52. The molecule has 0 aliphatic carbocycles. The van der Waals surface area contributed by atoms with Gasteiger partial charge in [0.1, 0.15) is 11.8 Å². The summed E-state index contributed by atoms with van der Waals surface area (Å²) in [5.74, 6) is 0.214. The van der Waals surface area contributed by atoms with Crippen LogP contribution in [0.25, 0.3) is 22.3 Å². The van der Waals surface area contributed by atoms with Gasteiger partial charge in [-0.2, -0.15) is 13.1 Å². The number of anilines is 1. The van der Waals surface area contributed by atoms with E-state index < -0.39 is 16.6 Å². The number of hydrogen-bond acceptors (Lipinski definition) is 7. The minimum atomic E-state index is -3.20. The van der Waals surface area contributed by atoms with Crippen LogP contribution in [0.15, 0.2) is 36.7 Å². The van der Waals surface area contributed by atoms with Gasteiger partial charge in [-0.25, -0.2) is 18.4 Å². The van der Waals surface area contributed by atoms with Crippen LogP contribution in [0.5, 0.6) is 5.88 Å². The highest BCUT2D eigenvalue weighted by molar-refractivity contribution is 7.88. The molecule has 0 radical (unpaired) electrons. The number of nitrogens with one attached hydrogen (secondary N) is 1. The number of rotatable bonds is 8. The molecule has 4 heterocycles. The number of fused-ring (bicyclic) bond motifs is 1. The van der Waals surface area contributed by atoms with Crippen molar-refractivity contribution in [2.45, 2.75) is 19.4 Å². The van der Waals surface area contributed by atoms with Crippen molar-refractivity contribution in [2.75, 3.05) is 50.5 Å². The zero-order valence-electron chi connectivity index (χ0n) is 20.3. The Hall–Kier alpha value is -3.32. The number of benzene rings is 1. The van der Waals surface area contributed by atoms with Crippen molar-refractivity contribution in [1.82, 2.24) is 24.2 Å². The molecule has 198 valence electrons. The molecule has 0 unspecified atom stereocenters. The Morgan fingerprint density at radius 3 is 2.51 bits per heavy atom. The van der Waals surface area contributed by atoms with E-state index in [1.165, 1.54) is 10.6 Å². The molecular formula is C24H28F2N6O4S. The van der Waals surface area contributed by atoms with Crippen LogP contribution < -0.4 is 15.0 Å². The summed E-state index contributed by atoms with van der Waals surface area (Å²) in [5, 5.41) is 2.78. The first-order valence-corrected chi connectivity index (χ1v) is 13.9. The highest BCUT2D eigenvalue weighted by atomic mass is 32.2. The van der Waals surface area contributed by atoms with Gasteiger partial charge < -0.3 is 15.0 Å². The highest BCUT2D eigenvalue weighted by Gasteiger charge is 2.25. The van der Waals surface area contributed by atoms with Crippen LogP contribution in [0.4, 0.5) is 14.5 Å². The second kappa shape index (κ2) is 10.2. The number of pyridine rings is 1. The quantitative estimate of drug-likeness (QED) is 0.473. The van der Waals surface area contributed by atoms with Crippen LogP contribution in [-0.4, -0.2) is 78.8 Å². The van der Waals surface area contributed by atoms with E-state index in [2.05, 4.69) is 20.2 Å². The Kier molecular flexibility index (Phi) is 6.99. The van der Waals surface area contributed by atoms with Crippen molar-refractivity contribution in [3.05, 3.63) is 36.7 Å². The fourth-order valence-corrected chi connectivity index (χ4v) is 5.56. The molecule has 0 spiro atoms. The van der Waals surface area contributed by atoms with E-state index in [0.717, 1.165) is 22.1 Å². The van der Waals surface area contributed by atoms with E-state index >= 15 is 0 Å². The lowest BCUT2D eigenvalue weighted by molar-refractivity contribution is -0.119. The van der Waals surface area contributed by atoms with Gasteiger partial charge in [0.05, 0.1) is 24.1 Å². The number of piperazine rings is 1. The molecule has 2 aromatic heterocycles. The van der Waals surface area contributed by atoms with Crippen molar-refractivity contribution < 1.29 is 26.7 Å². The molecule has 2 aliphatic rings. The molecule has 1 N–H and O–H groups in total. The summed E-state index contributed by atoms with van der Waals surface area (Å²) >= 11 is 0. The van der Waals surface area contributed by atoms with Gasteiger partial charge in [-0.15, -0.1) is 0 Å². The van der Waals surface area contributed by atoms with Crippen LogP contribution in [0.2, 0.25) is 0 Å². The Balaban J connectivity index is 1.35. The summed E-state index contributed by atoms with van der Waals surface area (Å²) in [6.07, 6.45) is 3.32. The number of halogens is 2. The number of amides is 1. The standard InChI is InChI=1S/C24H28F2N6O4S/c1-37(34,35)31-9-7-30(8-10-31)18-4-2-17(3-5-18)19-13-20-22(32(15-28-20)24(25)26)23(29-19)36-11-6-16-12-21(33)27-14-16/h2-5,13,15-16,24H,6-12,14H2,1H3,(H,27,33)/t16-/m1/s1. The van der Waals surface area contributed by atoms with Crippen molar-refractivity contribution in [3.8, 4) is 17.1 Å². The van der Waals surface area contributed by atoms with Crippen molar-refractivity contribution >= 4 is 32.7 Å². The first kappa shape index (κ1) is 25.3. The highest BCUT2D eigenvalue weighted by Crippen LogP contribution is 2.32. The first-order chi connectivity index (χ1) is 17.7. The Morgan fingerprint density at radius 1 is 1.16 bits per heavy atom. The second-order valence-electron chi connectivity index (χ2n) is 9.32. The fourth-order valence-electron chi connectivity index (χ4n) is 4.73. The van der Waals surface area contributed by atoms with E-state index in [0.29, 0.717) is 56.8 Å². The second-order valence-corrected chi connectivity index (χ2v) is 11.3. The third-order valence-corrected chi connectivity index (χ3v) is 8.10. The van der Waals surface area contributed by atoms with Crippen LogP contribution >= 0.6 is 0 Å². The van der Waals surface area contributed by atoms with E-state index in [1.54, 1.807) is 6.07 Å². The van der Waals surface area contributed by atoms with E-state index in [-0.39, 0.29) is 29.8 Å². The number of sulfonamides is 1. The number of alkyl halides is 2. The predicted octanol–water partition coefficient (Wildman–Crippen LogP) is 2.48. The maximum atomic E-state index is 13.6. The van der Waals surface area contributed by atoms with E-state index in [4.69, 9.17) is 4.74 Å². The maximum Gasteiger partial charge on any atom is 0.320 e. The van der Waals surface area contributed by atoms with Gasteiger partial charge in [-0.1, -0.05) is 12.1 Å². The smallest absolute Gasteiger partial charge is 0.320 e. The molecule has 0 saturated carbocycles. The Bertz CT molecular complexity index is 1390. The molecule has 5 rings (SSSR count). The van der Waals surface area contributed by atoms with Crippen LogP contribution in [0.1, 0.15) is 19.4 Å². The van der Waals surface area contributed by atoms with Crippen LogP contribution in [-0.2, 0) is 14.8 Å². The van der Waals surface area contributed by atoms with Gasteiger partial charge in [-0.3, -0.25) is 9.36 Å². The fraction of sp³-hybridized carbons (Fsp3) is 0.458. The summed E-state index contributed by atoms with van der Waals surface area (Å²) in [6, 6.07) is 9.28. The molecule has 2 saturated heterocycles. The van der Waals surface area contributed by atoms with Gasteiger partial charge in [-0.05, 0) is 30.5 Å². The summed E-state index contributed by atoms with van der Waals surface area (Å²) in [4.78, 5) is 22.3. The average Bonchev–Trinajstić information content (AvgIpc) is 3.50. The first-order valence-electron chi connectivity index (χ1n) is 12.0. The van der Waals surface area contributed by atoms with Gasteiger partial charge in [0.15, 0.2) is 0 Å². The molecule has 0 bridgehead atoms. The number of carbonyl (C=O) groups is 1. The molecule has 2 fully saturated rings. The SMILES string of the molecule is CS(=O)(=O)N1CCN(c2ccc(-c3cc4ncn(C(F)F)c4c(OCC[C@H]4CNC(=O)C4)n3)cc2)CC1. The summed E-state index contributed by atoms with van der Waals surface area (Å²) in [7, 11) is -3.20. The number of hydrogen-bond donors (Lipinski definition) is 1. The number of nitrogens with zero attached hydrogens (tertiary/aromatic N) is 5. The molecule has 10 nitrogen and oxygen atoms in total. The molecular weight excluding hydrogens is 506 g/mol. The summed E-state index contributed by atoms with van der Waals surface area (Å²) in [5.41, 5.74) is 2.73. The molecule has 13 heteroatoms. The molecule has 1 aromatic carbocycles.